The average molecular weight is 224 g/mol. The number of benzene rings is 1. The first-order valence-electron chi connectivity index (χ1n) is 6.12. The average Bonchev–Trinajstić information content (AvgIpc) is 2.40. The lowest BCUT2D eigenvalue weighted by Gasteiger charge is -2.34. The molecule has 17 heavy (non-hydrogen) atoms. The van der Waals surface area contributed by atoms with Crippen LogP contribution in [0.25, 0.3) is 0 Å². The van der Waals surface area contributed by atoms with Crippen LogP contribution in [0.5, 0.6) is 0 Å². The fraction of sp³-hybridized carbons (Fsp3) is 0.467. The van der Waals surface area contributed by atoms with Crippen molar-refractivity contribution in [3.63, 3.8) is 0 Å². The maximum Gasteiger partial charge on any atom is 0.0991 e. The molecule has 1 aliphatic carbocycles. The fourth-order valence-electron chi connectivity index (χ4n) is 2.58. The summed E-state index contributed by atoms with van der Waals surface area (Å²) in [5.74, 6) is 0.731. The molecule has 1 aliphatic rings. The minimum absolute atomic E-state index is 0.319. The third kappa shape index (κ3) is 2.17. The Morgan fingerprint density at radius 2 is 1.71 bits per heavy atom. The van der Waals surface area contributed by atoms with Crippen molar-refractivity contribution in [2.75, 3.05) is 0 Å². The van der Waals surface area contributed by atoms with E-state index in [-0.39, 0.29) is 5.41 Å². The number of nitrogens with zero attached hydrogens (tertiary/aromatic N) is 2. The molecule has 86 valence electrons. The van der Waals surface area contributed by atoms with Gasteiger partial charge in [-0.15, -0.1) is 0 Å². The van der Waals surface area contributed by atoms with Gasteiger partial charge in [0.2, 0.25) is 0 Å². The van der Waals surface area contributed by atoms with E-state index in [2.05, 4.69) is 19.1 Å². The van der Waals surface area contributed by atoms with Crippen molar-refractivity contribution < 1.29 is 0 Å². The van der Waals surface area contributed by atoms with Gasteiger partial charge in [-0.3, -0.25) is 0 Å². The normalized spacial score (nSPS) is 28.1. The Balaban J connectivity index is 2.29. The van der Waals surface area contributed by atoms with E-state index in [1.54, 1.807) is 0 Å². The Morgan fingerprint density at radius 1 is 1.12 bits per heavy atom. The van der Waals surface area contributed by atoms with Crippen molar-refractivity contribution in [3.8, 4) is 12.1 Å². The topological polar surface area (TPSA) is 47.6 Å². The van der Waals surface area contributed by atoms with Gasteiger partial charge in [-0.1, -0.05) is 19.1 Å². The first-order valence-corrected chi connectivity index (χ1v) is 6.12. The number of hydrogen-bond acceptors (Lipinski definition) is 2. The Hall–Kier alpha value is -1.80. The smallest absolute Gasteiger partial charge is 0.0991 e. The highest BCUT2D eigenvalue weighted by molar-refractivity contribution is 5.38. The SMILES string of the molecule is CC1CCC(C#N)(c2ccc(C#N)cc2)CC1. The predicted molar refractivity (Wildman–Crippen MR) is 66.1 cm³/mol. The van der Waals surface area contributed by atoms with Crippen LogP contribution in [0.4, 0.5) is 0 Å². The Bertz CT molecular complexity index is 465. The van der Waals surface area contributed by atoms with Gasteiger partial charge in [0, 0.05) is 0 Å². The summed E-state index contributed by atoms with van der Waals surface area (Å²) in [6.07, 6.45) is 4.12. The van der Waals surface area contributed by atoms with Crippen molar-refractivity contribution >= 4 is 0 Å². The van der Waals surface area contributed by atoms with Gasteiger partial charge in [0.15, 0.2) is 0 Å². The van der Waals surface area contributed by atoms with Crippen LogP contribution in [0.3, 0.4) is 0 Å². The fourth-order valence-corrected chi connectivity index (χ4v) is 2.58. The first-order chi connectivity index (χ1) is 8.20. The quantitative estimate of drug-likeness (QED) is 0.732. The van der Waals surface area contributed by atoms with Gasteiger partial charge in [-0.2, -0.15) is 10.5 Å². The van der Waals surface area contributed by atoms with Crippen molar-refractivity contribution in [2.24, 2.45) is 5.92 Å². The summed E-state index contributed by atoms with van der Waals surface area (Å²) in [6, 6.07) is 12.1. The molecule has 0 amide bonds. The minimum atomic E-state index is -0.319. The molecule has 0 aromatic heterocycles. The van der Waals surface area contributed by atoms with E-state index in [1.807, 2.05) is 24.3 Å². The highest BCUT2D eigenvalue weighted by atomic mass is 14.4. The van der Waals surface area contributed by atoms with Gasteiger partial charge >= 0.3 is 0 Å². The van der Waals surface area contributed by atoms with Crippen molar-refractivity contribution in [3.05, 3.63) is 35.4 Å². The molecular formula is C15H16N2. The van der Waals surface area contributed by atoms with Crippen LogP contribution in [0.2, 0.25) is 0 Å². The third-order valence-electron chi connectivity index (χ3n) is 3.91. The molecule has 2 rings (SSSR count). The van der Waals surface area contributed by atoms with Crippen LogP contribution in [0, 0.1) is 28.6 Å². The zero-order chi connectivity index (χ0) is 12.3. The predicted octanol–water partition coefficient (Wildman–Crippen LogP) is 3.53. The first kappa shape index (κ1) is 11.7. The van der Waals surface area contributed by atoms with Gasteiger partial charge in [-0.05, 0) is 49.3 Å². The number of hydrogen-bond donors (Lipinski definition) is 0. The second-order valence-electron chi connectivity index (χ2n) is 5.07. The highest BCUT2D eigenvalue weighted by Gasteiger charge is 2.35. The van der Waals surface area contributed by atoms with Crippen molar-refractivity contribution in [2.45, 2.75) is 38.0 Å². The van der Waals surface area contributed by atoms with Crippen LogP contribution in [0.15, 0.2) is 24.3 Å². The van der Waals surface area contributed by atoms with Crippen LogP contribution < -0.4 is 0 Å². The van der Waals surface area contributed by atoms with Crippen LogP contribution in [0.1, 0.15) is 43.7 Å². The number of rotatable bonds is 1. The van der Waals surface area contributed by atoms with E-state index in [0.29, 0.717) is 5.56 Å². The molecule has 0 radical (unpaired) electrons. The summed E-state index contributed by atoms with van der Waals surface area (Å²) in [5, 5.41) is 18.3. The molecule has 2 nitrogen and oxygen atoms in total. The van der Waals surface area contributed by atoms with Crippen LogP contribution >= 0.6 is 0 Å². The standard InChI is InChI=1S/C15H16N2/c1-12-6-8-15(11-17,9-7-12)14-4-2-13(10-16)3-5-14/h2-5,12H,6-9H2,1H3. The molecule has 0 spiro atoms. The second-order valence-corrected chi connectivity index (χ2v) is 5.07. The monoisotopic (exact) mass is 224 g/mol. The summed E-state index contributed by atoms with van der Waals surface area (Å²) < 4.78 is 0. The molecule has 2 heteroatoms. The summed E-state index contributed by atoms with van der Waals surface area (Å²) in [4.78, 5) is 0. The van der Waals surface area contributed by atoms with Gasteiger partial charge in [0.05, 0.1) is 23.1 Å². The molecule has 1 saturated carbocycles. The van der Waals surface area contributed by atoms with Crippen LogP contribution in [-0.4, -0.2) is 0 Å². The number of nitriles is 2. The molecule has 0 saturated heterocycles. The van der Waals surface area contributed by atoms with E-state index in [1.165, 1.54) is 0 Å². The summed E-state index contributed by atoms with van der Waals surface area (Å²) in [5.41, 5.74) is 1.41. The van der Waals surface area contributed by atoms with E-state index in [0.717, 1.165) is 37.2 Å². The molecule has 0 unspecified atom stereocenters. The van der Waals surface area contributed by atoms with E-state index < -0.39 is 0 Å². The Kier molecular flexibility index (Phi) is 3.16. The molecule has 0 bridgehead atoms. The van der Waals surface area contributed by atoms with Crippen molar-refractivity contribution in [1.82, 2.24) is 0 Å². The molecule has 0 aliphatic heterocycles. The lowest BCUT2D eigenvalue weighted by Crippen LogP contribution is -2.29. The zero-order valence-electron chi connectivity index (χ0n) is 10.1. The van der Waals surface area contributed by atoms with E-state index in [4.69, 9.17) is 5.26 Å². The minimum Gasteiger partial charge on any atom is -0.197 e. The molecule has 1 aromatic rings. The highest BCUT2D eigenvalue weighted by Crippen LogP contribution is 2.40. The Morgan fingerprint density at radius 3 is 2.18 bits per heavy atom. The molecule has 1 fully saturated rings. The molecule has 0 heterocycles. The lowest BCUT2D eigenvalue weighted by molar-refractivity contribution is 0.294. The lowest BCUT2D eigenvalue weighted by atomic mass is 9.68. The van der Waals surface area contributed by atoms with Gasteiger partial charge in [0.1, 0.15) is 0 Å². The summed E-state index contributed by atoms with van der Waals surface area (Å²) in [6.45, 7) is 2.25. The van der Waals surface area contributed by atoms with E-state index in [9.17, 15) is 5.26 Å². The van der Waals surface area contributed by atoms with Crippen molar-refractivity contribution in [1.29, 1.82) is 10.5 Å². The maximum absolute atomic E-state index is 9.49. The molecule has 0 N–H and O–H groups in total. The van der Waals surface area contributed by atoms with E-state index >= 15 is 0 Å². The summed E-state index contributed by atoms with van der Waals surface area (Å²) in [7, 11) is 0. The molecular weight excluding hydrogens is 208 g/mol. The Labute approximate surface area is 102 Å². The molecule has 1 aromatic carbocycles. The van der Waals surface area contributed by atoms with Crippen LogP contribution in [-0.2, 0) is 5.41 Å². The van der Waals surface area contributed by atoms with Gasteiger partial charge in [-0.25, -0.2) is 0 Å². The zero-order valence-corrected chi connectivity index (χ0v) is 10.1. The third-order valence-corrected chi connectivity index (χ3v) is 3.91. The summed E-state index contributed by atoms with van der Waals surface area (Å²) >= 11 is 0. The largest absolute Gasteiger partial charge is 0.197 e. The molecule has 0 atom stereocenters. The second kappa shape index (κ2) is 4.60. The maximum atomic E-state index is 9.49. The van der Waals surface area contributed by atoms with Gasteiger partial charge < -0.3 is 0 Å². The van der Waals surface area contributed by atoms with Gasteiger partial charge in [0.25, 0.3) is 0 Å².